The van der Waals surface area contributed by atoms with Crippen molar-refractivity contribution in [2.24, 2.45) is 0 Å². The molecule has 1 saturated heterocycles. The number of aromatic nitrogens is 1. The van der Waals surface area contributed by atoms with Crippen molar-refractivity contribution in [3.05, 3.63) is 18.0 Å². The van der Waals surface area contributed by atoms with Gasteiger partial charge in [0.2, 0.25) is 0 Å². The monoisotopic (exact) mass is 280 g/mol. The van der Waals surface area contributed by atoms with E-state index >= 15 is 0 Å². The van der Waals surface area contributed by atoms with Crippen molar-refractivity contribution in [3.8, 4) is 11.5 Å². The van der Waals surface area contributed by atoms with E-state index in [1.165, 1.54) is 0 Å². The molecule has 0 saturated carbocycles. The van der Waals surface area contributed by atoms with E-state index in [1.807, 2.05) is 0 Å². The predicted octanol–water partition coefficient (Wildman–Crippen LogP) is 2.15. The van der Waals surface area contributed by atoms with Gasteiger partial charge in [-0.2, -0.15) is 0 Å². The molecule has 1 atom stereocenters. The summed E-state index contributed by atoms with van der Waals surface area (Å²) >= 11 is 0. The lowest BCUT2D eigenvalue weighted by Gasteiger charge is -2.36. The lowest BCUT2D eigenvalue weighted by Crippen LogP contribution is -2.43. The van der Waals surface area contributed by atoms with Gasteiger partial charge in [-0.25, -0.2) is 0 Å². The Hall–Kier alpha value is -1.33. The Bertz CT molecular complexity index is 449. The first-order chi connectivity index (χ1) is 9.55. The van der Waals surface area contributed by atoms with E-state index in [9.17, 15) is 0 Å². The van der Waals surface area contributed by atoms with Gasteiger partial charge in [0.15, 0.2) is 11.5 Å². The zero-order valence-electron chi connectivity index (χ0n) is 12.7. The van der Waals surface area contributed by atoms with Crippen LogP contribution in [0.1, 0.15) is 32.4 Å². The maximum absolute atomic E-state index is 5.73. The van der Waals surface area contributed by atoms with Gasteiger partial charge in [-0.1, -0.05) is 0 Å². The zero-order valence-corrected chi connectivity index (χ0v) is 12.7. The van der Waals surface area contributed by atoms with Crippen LogP contribution in [0.15, 0.2) is 12.3 Å². The largest absolute Gasteiger partial charge is 0.493 e. The minimum absolute atomic E-state index is 0.0538. The van der Waals surface area contributed by atoms with Crippen molar-refractivity contribution >= 4 is 0 Å². The summed E-state index contributed by atoms with van der Waals surface area (Å²) < 4.78 is 16.4. The predicted molar refractivity (Wildman–Crippen MR) is 77.2 cm³/mol. The van der Waals surface area contributed by atoms with Gasteiger partial charge in [-0.15, -0.1) is 0 Å². The molecule has 1 aromatic heterocycles. The molecule has 112 valence electrons. The molecular formula is C15H24N2O3. The zero-order chi connectivity index (χ0) is 14.6. The number of methoxy groups -OCH3 is 2. The molecule has 1 aromatic rings. The van der Waals surface area contributed by atoms with Crippen LogP contribution < -0.4 is 14.8 Å². The Morgan fingerprint density at radius 2 is 2.20 bits per heavy atom. The van der Waals surface area contributed by atoms with Gasteiger partial charge in [0.05, 0.1) is 25.5 Å². The molecule has 5 heteroatoms. The van der Waals surface area contributed by atoms with Gasteiger partial charge in [-0.3, -0.25) is 4.98 Å². The molecule has 1 aliphatic heterocycles. The summed E-state index contributed by atoms with van der Waals surface area (Å²) in [5.74, 6) is 1.42. The minimum atomic E-state index is -0.0538. The van der Waals surface area contributed by atoms with Crippen molar-refractivity contribution in [2.75, 3.05) is 20.8 Å². The van der Waals surface area contributed by atoms with Crippen LogP contribution in [-0.2, 0) is 11.3 Å². The van der Waals surface area contributed by atoms with Crippen LogP contribution in [0.3, 0.4) is 0 Å². The second kappa shape index (κ2) is 6.41. The molecule has 0 aromatic carbocycles. The first-order valence-electron chi connectivity index (χ1n) is 6.99. The molecule has 0 spiro atoms. The van der Waals surface area contributed by atoms with Crippen LogP contribution in [0.25, 0.3) is 0 Å². The number of ether oxygens (including phenoxy) is 3. The molecule has 0 bridgehead atoms. The molecule has 20 heavy (non-hydrogen) atoms. The molecule has 1 aliphatic rings. The number of nitrogens with one attached hydrogen (secondary N) is 1. The van der Waals surface area contributed by atoms with Crippen molar-refractivity contribution in [1.82, 2.24) is 10.3 Å². The van der Waals surface area contributed by atoms with Crippen LogP contribution in [0.5, 0.6) is 11.5 Å². The molecule has 0 amide bonds. The lowest BCUT2D eigenvalue weighted by atomic mass is 9.94. The smallest absolute Gasteiger partial charge is 0.183 e. The Kier molecular flexibility index (Phi) is 4.83. The highest BCUT2D eigenvalue weighted by Crippen LogP contribution is 2.29. The molecule has 0 aliphatic carbocycles. The summed E-state index contributed by atoms with van der Waals surface area (Å²) in [6.45, 7) is 5.73. The van der Waals surface area contributed by atoms with E-state index in [0.717, 1.165) is 25.1 Å². The van der Waals surface area contributed by atoms with Gasteiger partial charge in [0, 0.05) is 31.5 Å². The maximum atomic E-state index is 5.73. The maximum Gasteiger partial charge on any atom is 0.183 e. The van der Waals surface area contributed by atoms with Gasteiger partial charge in [0.25, 0.3) is 0 Å². The quantitative estimate of drug-likeness (QED) is 0.895. The van der Waals surface area contributed by atoms with Crippen molar-refractivity contribution in [1.29, 1.82) is 0 Å². The number of hydrogen-bond acceptors (Lipinski definition) is 5. The van der Waals surface area contributed by atoms with Gasteiger partial charge >= 0.3 is 0 Å². The van der Waals surface area contributed by atoms with E-state index in [-0.39, 0.29) is 5.60 Å². The number of nitrogens with zero attached hydrogens (tertiary/aromatic N) is 1. The molecule has 5 nitrogen and oxygen atoms in total. The van der Waals surface area contributed by atoms with Crippen LogP contribution >= 0.6 is 0 Å². The summed E-state index contributed by atoms with van der Waals surface area (Å²) in [6, 6.07) is 2.25. The van der Waals surface area contributed by atoms with E-state index in [1.54, 1.807) is 26.5 Å². The fraction of sp³-hybridized carbons (Fsp3) is 0.667. The average Bonchev–Trinajstić information content (AvgIpc) is 2.43. The number of hydrogen-bond donors (Lipinski definition) is 1. The van der Waals surface area contributed by atoms with E-state index in [4.69, 9.17) is 14.2 Å². The summed E-state index contributed by atoms with van der Waals surface area (Å²) in [5, 5.41) is 3.54. The SMILES string of the molecule is COc1ccnc(CNC2CCOC(C)(C)C2)c1OC. The third kappa shape index (κ3) is 3.61. The number of pyridine rings is 1. The Balaban J connectivity index is 2.00. The third-order valence-electron chi connectivity index (χ3n) is 3.62. The topological polar surface area (TPSA) is 52.6 Å². The third-order valence-corrected chi connectivity index (χ3v) is 3.62. The van der Waals surface area contributed by atoms with Gasteiger partial charge < -0.3 is 19.5 Å². The second-order valence-corrected chi connectivity index (χ2v) is 5.67. The van der Waals surface area contributed by atoms with Crippen molar-refractivity contribution in [3.63, 3.8) is 0 Å². The summed E-state index contributed by atoms with van der Waals surface area (Å²) in [7, 11) is 3.27. The lowest BCUT2D eigenvalue weighted by molar-refractivity contribution is -0.0631. The Labute approximate surface area is 120 Å². The Morgan fingerprint density at radius 1 is 1.40 bits per heavy atom. The van der Waals surface area contributed by atoms with Gasteiger partial charge in [0.1, 0.15) is 0 Å². The summed E-state index contributed by atoms with van der Waals surface area (Å²) in [4.78, 5) is 4.38. The molecule has 0 radical (unpaired) electrons. The van der Waals surface area contributed by atoms with E-state index < -0.39 is 0 Å². The molecule has 1 unspecified atom stereocenters. The molecule has 2 heterocycles. The molecule has 1 fully saturated rings. The first-order valence-corrected chi connectivity index (χ1v) is 6.99. The first kappa shape index (κ1) is 15.1. The van der Waals surface area contributed by atoms with Crippen LogP contribution in [0.2, 0.25) is 0 Å². The fourth-order valence-corrected chi connectivity index (χ4v) is 2.62. The normalized spacial score (nSPS) is 21.5. The standard InChI is InChI=1S/C15H24N2O3/c1-15(2)9-11(6-8-20-15)17-10-12-14(19-4)13(18-3)5-7-16-12/h5,7,11,17H,6,8-10H2,1-4H3. The Morgan fingerprint density at radius 3 is 2.85 bits per heavy atom. The molecule has 1 N–H and O–H groups in total. The highest BCUT2D eigenvalue weighted by atomic mass is 16.5. The van der Waals surface area contributed by atoms with Crippen LogP contribution in [0.4, 0.5) is 0 Å². The van der Waals surface area contributed by atoms with Crippen LogP contribution in [0, 0.1) is 0 Å². The van der Waals surface area contributed by atoms with Gasteiger partial charge in [-0.05, 0) is 26.7 Å². The average molecular weight is 280 g/mol. The summed E-state index contributed by atoms with van der Waals surface area (Å²) in [6.07, 6.45) is 3.77. The minimum Gasteiger partial charge on any atom is -0.493 e. The molecular weight excluding hydrogens is 256 g/mol. The van der Waals surface area contributed by atoms with Crippen molar-refractivity contribution in [2.45, 2.75) is 44.9 Å². The molecule has 2 rings (SSSR count). The second-order valence-electron chi connectivity index (χ2n) is 5.67. The summed E-state index contributed by atoms with van der Waals surface area (Å²) in [5.41, 5.74) is 0.818. The van der Waals surface area contributed by atoms with E-state index in [0.29, 0.717) is 24.1 Å². The highest BCUT2D eigenvalue weighted by molar-refractivity contribution is 5.42. The fourth-order valence-electron chi connectivity index (χ4n) is 2.62. The van der Waals surface area contributed by atoms with Crippen molar-refractivity contribution < 1.29 is 14.2 Å². The van der Waals surface area contributed by atoms with E-state index in [2.05, 4.69) is 24.1 Å². The van der Waals surface area contributed by atoms with Crippen LogP contribution in [-0.4, -0.2) is 37.5 Å². The number of rotatable bonds is 5. The highest BCUT2D eigenvalue weighted by Gasteiger charge is 2.28.